The summed E-state index contributed by atoms with van der Waals surface area (Å²) < 4.78 is 8.81. The van der Waals surface area contributed by atoms with Crippen molar-refractivity contribution in [1.82, 2.24) is 4.58 Å². The third kappa shape index (κ3) is 3.23. The van der Waals surface area contributed by atoms with E-state index in [0.717, 1.165) is 53.5 Å². The fraction of sp³-hybridized carbons (Fsp3) is 0.435. The summed E-state index contributed by atoms with van der Waals surface area (Å²) in [5, 5.41) is 3.03. The SMILES string of the molecule is Clc1c2ccc(=[N+]3CCCCC3)cc-2oc2cc(N3CCCCC3)ccc12. The summed E-state index contributed by atoms with van der Waals surface area (Å²) in [5.74, 6) is 0.881. The largest absolute Gasteiger partial charge is 0.456 e. The molecule has 0 saturated carbocycles. The molecule has 140 valence electrons. The minimum absolute atomic E-state index is 0.793. The van der Waals surface area contributed by atoms with Gasteiger partial charge in [-0.15, -0.1) is 0 Å². The Hall–Kier alpha value is -2.00. The highest BCUT2D eigenvalue weighted by Crippen LogP contribution is 2.37. The highest BCUT2D eigenvalue weighted by atomic mass is 35.5. The molecule has 1 aromatic rings. The van der Waals surface area contributed by atoms with Gasteiger partial charge in [-0.05, 0) is 43.9 Å². The number of hydrogen-bond donors (Lipinski definition) is 0. The Morgan fingerprint density at radius 3 is 2.44 bits per heavy atom. The average molecular weight is 382 g/mol. The Kier molecular flexibility index (Phi) is 4.56. The van der Waals surface area contributed by atoms with Crippen LogP contribution in [0.25, 0.3) is 22.3 Å². The lowest BCUT2D eigenvalue weighted by Crippen LogP contribution is -2.34. The first-order valence-corrected chi connectivity index (χ1v) is 10.7. The number of piperidine rings is 2. The van der Waals surface area contributed by atoms with Crippen LogP contribution < -0.4 is 14.8 Å². The molecule has 1 aliphatic carbocycles. The highest BCUT2D eigenvalue weighted by molar-refractivity contribution is 6.38. The monoisotopic (exact) mass is 381 g/mol. The second kappa shape index (κ2) is 7.20. The molecule has 4 aliphatic rings. The Labute approximate surface area is 165 Å². The van der Waals surface area contributed by atoms with Crippen molar-refractivity contribution >= 4 is 28.3 Å². The molecule has 0 unspecified atom stereocenters. The Morgan fingerprint density at radius 2 is 1.63 bits per heavy atom. The van der Waals surface area contributed by atoms with Crippen molar-refractivity contribution < 1.29 is 4.42 Å². The van der Waals surface area contributed by atoms with E-state index in [0.29, 0.717) is 0 Å². The van der Waals surface area contributed by atoms with Gasteiger partial charge in [0.25, 0.3) is 0 Å². The van der Waals surface area contributed by atoms with Gasteiger partial charge in [0.05, 0.1) is 11.1 Å². The topological polar surface area (TPSA) is 19.4 Å². The number of halogens is 1. The van der Waals surface area contributed by atoms with Gasteiger partial charge in [0, 0.05) is 54.7 Å². The van der Waals surface area contributed by atoms with E-state index >= 15 is 0 Å². The molecule has 3 aliphatic heterocycles. The summed E-state index contributed by atoms with van der Waals surface area (Å²) in [6.45, 7) is 4.52. The summed E-state index contributed by atoms with van der Waals surface area (Å²) in [6, 6.07) is 12.9. The zero-order chi connectivity index (χ0) is 18.2. The first kappa shape index (κ1) is 17.1. The van der Waals surface area contributed by atoms with E-state index in [1.807, 2.05) is 0 Å². The fourth-order valence-electron chi connectivity index (χ4n) is 4.51. The second-order valence-electron chi connectivity index (χ2n) is 7.87. The standard InChI is InChI=1S/C23H26ClN2O/c24-23-19-9-7-17(25-11-3-1-4-12-25)15-21(19)27-22-16-18(8-10-20(22)23)26-13-5-2-6-14-26/h7-10,15-16H,1-6,11-14H2/q+1. The summed E-state index contributed by atoms with van der Waals surface area (Å²) in [7, 11) is 0. The maximum absolute atomic E-state index is 6.76. The van der Waals surface area contributed by atoms with Crippen molar-refractivity contribution in [1.29, 1.82) is 0 Å². The Balaban J connectivity index is 1.64. The quantitative estimate of drug-likeness (QED) is 0.429. The lowest BCUT2D eigenvalue weighted by molar-refractivity contribution is 0.451. The van der Waals surface area contributed by atoms with E-state index in [9.17, 15) is 0 Å². The van der Waals surface area contributed by atoms with Crippen LogP contribution in [0, 0.1) is 0 Å². The van der Waals surface area contributed by atoms with E-state index in [1.54, 1.807) is 0 Å². The van der Waals surface area contributed by atoms with Gasteiger partial charge in [0.1, 0.15) is 24.4 Å². The number of fused-ring (bicyclic) bond motifs is 2. The molecule has 0 aromatic heterocycles. The van der Waals surface area contributed by atoms with Crippen molar-refractivity contribution in [2.24, 2.45) is 0 Å². The molecule has 0 bridgehead atoms. The summed E-state index contributed by atoms with van der Waals surface area (Å²) in [6.07, 6.45) is 7.76. The van der Waals surface area contributed by atoms with Crippen molar-refractivity contribution in [3.05, 3.63) is 46.8 Å². The van der Waals surface area contributed by atoms with Crippen LogP contribution in [0.1, 0.15) is 38.5 Å². The second-order valence-corrected chi connectivity index (χ2v) is 8.25. The number of anilines is 1. The number of nitrogens with zero attached hydrogens (tertiary/aromatic N) is 2. The van der Waals surface area contributed by atoms with Crippen molar-refractivity contribution in [2.45, 2.75) is 38.5 Å². The predicted molar refractivity (Wildman–Crippen MR) is 113 cm³/mol. The molecule has 27 heavy (non-hydrogen) atoms. The summed E-state index contributed by atoms with van der Waals surface area (Å²) >= 11 is 6.76. The van der Waals surface area contributed by atoms with Crippen LogP contribution in [0.3, 0.4) is 0 Å². The summed E-state index contributed by atoms with van der Waals surface area (Å²) in [4.78, 5) is 2.46. The van der Waals surface area contributed by atoms with Crippen LogP contribution in [-0.2, 0) is 0 Å². The van der Waals surface area contributed by atoms with Crippen LogP contribution in [0.2, 0.25) is 5.02 Å². The van der Waals surface area contributed by atoms with Gasteiger partial charge in [-0.2, -0.15) is 0 Å². The predicted octanol–water partition coefficient (Wildman–Crippen LogP) is 5.14. The molecule has 3 nitrogen and oxygen atoms in total. The van der Waals surface area contributed by atoms with Gasteiger partial charge >= 0.3 is 0 Å². The molecule has 2 fully saturated rings. The third-order valence-electron chi connectivity index (χ3n) is 6.07. The fourth-order valence-corrected chi connectivity index (χ4v) is 4.83. The zero-order valence-corrected chi connectivity index (χ0v) is 16.5. The van der Waals surface area contributed by atoms with Gasteiger partial charge in [0.15, 0.2) is 0 Å². The van der Waals surface area contributed by atoms with E-state index in [4.69, 9.17) is 16.0 Å². The van der Waals surface area contributed by atoms with Crippen molar-refractivity contribution in [3.63, 3.8) is 0 Å². The van der Waals surface area contributed by atoms with Crippen LogP contribution in [-0.4, -0.2) is 26.2 Å². The van der Waals surface area contributed by atoms with Crippen LogP contribution in [0.5, 0.6) is 0 Å². The molecule has 1 aromatic carbocycles. The molecule has 2 saturated heterocycles. The molecule has 0 amide bonds. The molecule has 0 N–H and O–H groups in total. The molecule has 4 heteroatoms. The minimum Gasteiger partial charge on any atom is -0.456 e. The van der Waals surface area contributed by atoms with Gasteiger partial charge in [-0.3, -0.25) is 0 Å². The maximum atomic E-state index is 6.76. The van der Waals surface area contributed by atoms with Gasteiger partial charge in [-0.1, -0.05) is 11.6 Å². The molecular weight excluding hydrogens is 356 g/mol. The molecule has 0 spiro atoms. The Bertz CT molecular complexity index is 1010. The van der Waals surface area contributed by atoms with Crippen LogP contribution in [0.4, 0.5) is 5.69 Å². The molecule has 3 heterocycles. The molecular formula is C23H26ClN2O+. The zero-order valence-electron chi connectivity index (χ0n) is 15.7. The number of rotatable bonds is 1. The van der Waals surface area contributed by atoms with Gasteiger partial charge < -0.3 is 9.32 Å². The highest BCUT2D eigenvalue weighted by Gasteiger charge is 2.19. The third-order valence-corrected chi connectivity index (χ3v) is 6.47. The minimum atomic E-state index is 0.793. The number of hydrogen-bond acceptors (Lipinski definition) is 2. The van der Waals surface area contributed by atoms with E-state index in [2.05, 4.69) is 45.9 Å². The number of benzene rings is 2. The lowest BCUT2D eigenvalue weighted by Gasteiger charge is -2.29. The molecule has 0 radical (unpaired) electrons. The van der Waals surface area contributed by atoms with Crippen LogP contribution >= 0.6 is 11.6 Å². The van der Waals surface area contributed by atoms with Gasteiger partial charge in [-0.25, -0.2) is 4.58 Å². The smallest absolute Gasteiger partial charge is 0.203 e. The lowest BCUT2D eigenvalue weighted by atomic mass is 10.1. The van der Waals surface area contributed by atoms with Crippen molar-refractivity contribution in [3.8, 4) is 11.3 Å². The molecule has 0 atom stereocenters. The van der Waals surface area contributed by atoms with E-state index in [-0.39, 0.29) is 0 Å². The average Bonchev–Trinajstić information content (AvgIpc) is 2.74. The summed E-state index contributed by atoms with van der Waals surface area (Å²) in [5.41, 5.74) is 3.12. The first-order valence-electron chi connectivity index (χ1n) is 10.3. The normalized spacial score (nSPS) is 18.4. The van der Waals surface area contributed by atoms with Crippen molar-refractivity contribution in [2.75, 3.05) is 31.1 Å². The molecule has 5 rings (SSSR count). The van der Waals surface area contributed by atoms with Crippen LogP contribution in [0.15, 0.2) is 40.8 Å². The maximum Gasteiger partial charge on any atom is 0.203 e. The Morgan fingerprint density at radius 1 is 0.852 bits per heavy atom. The van der Waals surface area contributed by atoms with E-state index < -0.39 is 0 Å². The van der Waals surface area contributed by atoms with E-state index in [1.165, 1.54) is 49.6 Å². The van der Waals surface area contributed by atoms with Gasteiger partial charge in [0.2, 0.25) is 5.36 Å². The first-order chi connectivity index (χ1) is 13.3.